The highest BCUT2D eigenvalue weighted by atomic mass is 16.6. The lowest BCUT2D eigenvalue weighted by Crippen LogP contribution is -2.61. The average molecular weight is 481 g/mol. The van der Waals surface area contributed by atoms with Crippen molar-refractivity contribution in [2.45, 2.75) is 63.5 Å². The summed E-state index contributed by atoms with van der Waals surface area (Å²) in [7, 11) is 0. The van der Waals surface area contributed by atoms with Crippen LogP contribution in [-0.4, -0.2) is 66.5 Å². The summed E-state index contributed by atoms with van der Waals surface area (Å²) in [6.45, 7) is 8.88. The Bertz CT molecular complexity index is 1130. The number of nitrogens with one attached hydrogen (secondary N) is 1. The van der Waals surface area contributed by atoms with Crippen LogP contribution in [0.1, 0.15) is 52.0 Å². The average Bonchev–Trinajstić information content (AvgIpc) is 3.46. The lowest BCUT2D eigenvalue weighted by atomic mass is 9.80. The second-order valence-electron chi connectivity index (χ2n) is 11.7. The summed E-state index contributed by atoms with van der Waals surface area (Å²) in [6.07, 6.45) is 1.96. The highest BCUT2D eigenvalue weighted by Gasteiger charge is 2.62. The number of amides is 4. The Labute approximate surface area is 204 Å². The third-order valence-corrected chi connectivity index (χ3v) is 8.14. The summed E-state index contributed by atoms with van der Waals surface area (Å²) in [5, 5.41) is 2.40. The first-order chi connectivity index (χ1) is 16.6. The number of carbonyl (C=O) groups is 4. The predicted octanol–water partition coefficient (Wildman–Crippen LogP) is 2.17. The third-order valence-electron chi connectivity index (χ3n) is 8.14. The van der Waals surface area contributed by atoms with Crippen LogP contribution in [0.3, 0.4) is 0 Å². The number of carbonyl (C=O) groups excluding carboxylic acids is 4. The van der Waals surface area contributed by atoms with Crippen molar-refractivity contribution in [3.63, 3.8) is 0 Å². The molecule has 9 heteroatoms. The Morgan fingerprint density at radius 2 is 1.69 bits per heavy atom. The van der Waals surface area contributed by atoms with Crippen molar-refractivity contribution in [3.8, 4) is 0 Å². The van der Waals surface area contributed by atoms with Gasteiger partial charge in [-0.3, -0.25) is 24.6 Å². The summed E-state index contributed by atoms with van der Waals surface area (Å²) in [6, 6.07) is 5.36. The smallest absolute Gasteiger partial charge is 0.410 e. The van der Waals surface area contributed by atoms with Crippen molar-refractivity contribution in [3.05, 3.63) is 23.8 Å². The number of ether oxygens (including phenoxy) is 1. The van der Waals surface area contributed by atoms with Gasteiger partial charge in [-0.2, -0.15) is 0 Å². The molecule has 6 rings (SSSR count). The van der Waals surface area contributed by atoms with E-state index in [9.17, 15) is 19.2 Å². The van der Waals surface area contributed by atoms with Crippen LogP contribution in [0.5, 0.6) is 0 Å². The van der Waals surface area contributed by atoms with Crippen molar-refractivity contribution < 1.29 is 23.9 Å². The summed E-state index contributed by atoms with van der Waals surface area (Å²) in [4.78, 5) is 55.8. The minimum absolute atomic E-state index is 0.00137. The molecule has 0 bridgehead atoms. The number of hydrogen-bond donors (Lipinski definition) is 1. The SMILES string of the molecule is CC(C)(C)OC(=O)N1CC(C2CN(c3cccc4c3C3(CC3)C(=O)N4C3CCC(=O)NC3=O)C2)C1. The van der Waals surface area contributed by atoms with E-state index in [1.54, 1.807) is 9.80 Å². The first-order valence-corrected chi connectivity index (χ1v) is 12.6. The van der Waals surface area contributed by atoms with Gasteiger partial charge in [0, 0.05) is 55.7 Å². The van der Waals surface area contributed by atoms with E-state index in [0.717, 1.165) is 56.0 Å². The number of fused-ring (bicyclic) bond motifs is 2. The predicted molar refractivity (Wildman–Crippen MR) is 128 cm³/mol. The Hall–Kier alpha value is -3.10. The first-order valence-electron chi connectivity index (χ1n) is 12.6. The van der Waals surface area contributed by atoms with E-state index in [-0.39, 0.29) is 30.2 Å². The topological polar surface area (TPSA) is 99.3 Å². The van der Waals surface area contributed by atoms with Gasteiger partial charge in [-0.25, -0.2) is 4.79 Å². The number of likely N-dealkylation sites (tertiary alicyclic amines) is 1. The molecule has 1 N–H and O–H groups in total. The number of hydrogen-bond acceptors (Lipinski definition) is 6. The van der Waals surface area contributed by atoms with Gasteiger partial charge in [0.15, 0.2) is 0 Å². The van der Waals surface area contributed by atoms with Crippen LogP contribution in [-0.2, 0) is 24.5 Å². The molecule has 4 fully saturated rings. The second kappa shape index (κ2) is 7.45. The minimum Gasteiger partial charge on any atom is -0.444 e. The zero-order valence-corrected chi connectivity index (χ0v) is 20.5. The van der Waals surface area contributed by atoms with Gasteiger partial charge in [0.05, 0.1) is 11.1 Å². The fourth-order valence-electron chi connectivity index (χ4n) is 6.05. The quantitative estimate of drug-likeness (QED) is 0.666. The van der Waals surface area contributed by atoms with Crippen molar-refractivity contribution in [2.75, 3.05) is 36.0 Å². The van der Waals surface area contributed by atoms with Crippen LogP contribution < -0.4 is 15.1 Å². The molecule has 35 heavy (non-hydrogen) atoms. The molecule has 0 aromatic heterocycles. The largest absolute Gasteiger partial charge is 0.444 e. The molecule has 4 heterocycles. The molecule has 4 aliphatic heterocycles. The van der Waals surface area contributed by atoms with Gasteiger partial charge in [0.2, 0.25) is 17.7 Å². The van der Waals surface area contributed by atoms with Gasteiger partial charge in [0.1, 0.15) is 11.6 Å². The lowest BCUT2D eigenvalue weighted by Gasteiger charge is -2.51. The molecule has 1 unspecified atom stereocenters. The molecule has 1 atom stereocenters. The summed E-state index contributed by atoms with van der Waals surface area (Å²) in [5.41, 5.74) is 1.95. The number of nitrogens with zero attached hydrogens (tertiary/aromatic N) is 3. The molecule has 5 aliphatic rings. The fraction of sp³-hybridized carbons (Fsp3) is 0.615. The van der Waals surface area contributed by atoms with Crippen LogP contribution in [0.2, 0.25) is 0 Å². The van der Waals surface area contributed by atoms with Crippen molar-refractivity contribution >= 4 is 35.2 Å². The number of benzene rings is 1. The summed E-state index contributed by atoms with van der Waals surface area (Å²) in [5.74, 6) is 0.307. The second-order valence-corrected chi connectivity index (χ2v) is 11.7. The van der Waals surface area contributed by atoms with E-state index in [1.807, 2.05) is 32.9 Å². The van der Waals surface area contributed by atoms with E-state index in [4.69, 9.17) is 4.74 Å². The number of anilines is 2. The zero-order valence-electron chi connectivity index (χ0n) is 20.5. The van der Waals surface area contributed by atoms with E-state index in [0.29, 0.717) is 18.3 Å². The lowest BCUT2D eigenvalue weighted by molar-refractivity contribution is -0.135. The summed E-state index contributed by atoms with van der Waals surface area (Å²) < 4.78 is 5.47. The van der Waals surface area contributed by atoms with Gasteiger partial charge < -0.3 is 14.5 Å². The first kappa shape index (κ1) is 22.4. The molecule has 0 radical (unpaired) electrons. The monoisotopic (exact) mass is 480 g/mol. The Balaban J connectivity index is 1.16. The standard InChI is InChI=1S/C26H32N4O5/c1-25(2,3)35-24(34)29-13-16(14-29)15-11-28(12-15)17-5-4-6-18-21(17)26(9-10-26)23(33)30(18)19-7-8-20(31)27-22(19)32/h4-6,15-16,19H,7-14H2,1-3H3,(H,27,31,32). The number of rotatable bonds is 3. The fourth-order valence-corrected chi connectivity index (χ4v) is 6.05. The Morgan fingerprint density at radius 1 is 1.03 bits per heavy atom. The number of imide groups is 1. The minimum atomic E-state index is -0.632. The molecular formula is C26H32N4O5. The van der Waals surface area contributed by atoms with E-state index in [2.05, 4.69) is 16.3 Å². The van der Waals surface area contributed by atoms with E-state index in [1.165, 1.54) is 0 Å². The molecule has 3 saturated heterocycles. The maximum atomic E-state index is 13.6. The van der Waals surface area contributed by atoms with Gasteiger partial charge in [-0.15, -0.1) is 0 Å². The molecular weight excluding hydrogens is 448 g/mol. The van der Waals surface area contributed by atoms with Gasteiger partial charge in [0.25, 0.3) is 0 Å². The molecule has 1 saturated carbocycles. The van der Waals surface area contributed by atoms with E-state index < -0.39 is 17.1 Å². The van der Waals surface area contributed by atoms with Gasteiger partial charge >= 0.3 is 6.09 Å². The molecule has 9 nitrogen and oxygen atoms in total. The maximum Gasteiger partial charge on any atom is 0.410 e. The normalized spacial score (nSPS) is 25.9. The molecule has 1 aromatic carbocycles. The van der Waals surface area contributed by atoms with Crippen LogP contribution in [0, 0.1) is 11.8 Å². The highest BCUT2D eigenvalue weighted by molar-refractivity contribution is 6.16. The molecule has 1 aliphatic carbocycles. The molecule has 1 aromatic rings. The third kappa shape index (κ3) is 3.50. The van der Waals surface area contributed by atoms with Crippen LogP contribution in [0.25, 0.3) is 0 Å². The molecule has 4 amide bonds. The zero-order chi connectivity index (χ0) is 24.7. The number of piperidine rings is 1. The Morgan fingerprint density at radius 3 is 2.31 bits per heavy atom. The van der Waals surface area contributed by atoms with Crippen molar-refractivity contribution in [1.29, 1.82) is 0 Å². The molecule has 1 spiro atoms. The van der Waals surface area contributed by atoms with Crippen LogP contribution in [0.15, 0.2) is 18.2 Å². The van der Waals surface area contributed by atoms with Gasteiger partial charge in [-0.05, 0) is 52.2 Å². The van der Waals surface area contributed by atoms with E-state index >= 15 is 0 Å². The maximum absolute atomic E-state index is 13.6. The van der Waals surface area contributed by atoms with Crippen molar-refractivity contribution in [2.24, 2.45) is 11.8 Å². The van der Waals surface area contributed by atoms with Crippen LogP contribution >= 0.6 is 0 Å². The van der Waals surface area contributed by atoms with Crippen molar-refractivity contribution in [1.82, 2.24) is 10.2 Å². The molecule has 186 valence electrons. The van der Waals surface area contributed by atoms with Crippen LogP contribution in [0.4, 0.5) is 16.2 Å². The highest BCUT2D eigenvalue weighted by Crippen LogP contribution is 2.61. The Kier molecular flexibility index (Phi) is 4.76. The summed E-state index contributed by atoms with van der Waals surface area (Å²) >= 11 is 0. The van der Waals surface area contributed by atoms with Gasteiger partial charge in [-0.1, -0.05) is 6.07 Å².